The van der Waals surface area contributed by atoms with E-state index in [1.54, 1.807) is 31.4 Å². The molecule has 0 aromatic heterocycles. The zero-order valence-electron chi connectivity index (χ0n) is 10.2. The molecule has 18 heavy (non-hydrogen) atoms. The number of methoxy groups -OCH3 is 1. The van der Waals surface area contributed by atoms with Crippen LogP contribution in [0.2, 0.25) is 0 Å². The van der Waals surface area contributed by atoms with Crippen LogP contribution in [0.5, 0.6) is 5.75 Å². The Morgan fingerprint density at radius 3 is 2.56 bits per heavy atom. The predicted octanol–water partition coefficient (Wildman–Crippen LogP) is 3.59. The van der Waals surface area contributed by atoms with Crippen molar-refractivity contribution >= 4 is 11.9 Å². The van der Waals surface area contributed by atoms with Crippen LogP contribution in [0.15, 0.2) is 60.7 Å². The molecule has 0 fully saturated rings. The van der Waals surface area contributed by atoms with Crippen LogP contribution in [-0.2, 0) is 0 Å². The number of allylic oxidation sites excluding steroid dienone is 1. The van der Waals surface area contributed by atoms with Crippen LogP contribution in [0.25, 0.3) is 6.08 Å². The number of benzene rings is 2. The summed E-state index contributed by atoms with van der Waals surface area (Å²) in [5.41, 5.74) is 1.63. The number of hydrogen-bond donors (Lipinski definition) is 0. The van der Waals surface area contributed by atoms with Gasteiger partial charge in [0.15, 0.2) is 5.78 Å². The molecule has 0 aliphatic rings. The van der Waals surface area contributed by atoms with E-state index < -0.39 is 0 Å². The van der Waals surface area contributed by atoms with Crippen LogP contribution in [0.3, 0.4) is 0 Å². The molecule has 0 heterocycles. The molecule has 0 amide bonds. The SMILES string of the molecule is COc1cccc(/C=C/C(=O)c2ccccc2)c1. The fourth-order valence-corrected chi connectivity index (χ4v) is 1.62. The summed E-state index contributed by atoms with van der Waals surface area (Å²) < 4.78 is 5.13. The van der Waals surface area contributed by atoms with Crippen molar-refractivity contribution in [2.75, 3.05) is 7.11 Å². The molecule has 0 unspecified atom stereocenters. The quantitative estimate of drug-likeness (QED) is 0.601. The third kappa shape index (κ3) is 3.08. The second-order valence-electron chi connectivity index (χ2n) is 3.84. The van der Waals surface area contributed by atoms with Gasteiger partial charge >= 0.3 is 0 Å². The number of ketones is 1. The zero-order chi connectivity index (χ0) is 12.8. The molecule has 0 atom stereocenters. The maximum atomic E-state index is 11.9. The van der Waals surface area contributed by atoms with Gasteiger partial charge in [-0.05, 0) is 23.8 Å². The zero-order valence-corrected chi connectivity index (χ0v) is 10.2. The Morgan fingerprint density at radius 1 is 1.06 bits per heavy atom. The first-order chi connectivity index (χ1) is 8.79. The second kappa shape index (κ2) is 5.82. The van der Waals surface area contributed by atoms with Gasteiger partial charge in [-0.1, -0.05) is 48.5 Å². The summed E-state index contributed by atoms with van der Waals surface area (Å²) in [6.45, 7) is 0. The highest BCUT2D eigenvalue weighted by Gasteiger charge is 1.99. The molecule has 0 spiro atoms. The largest absolute Gasteiger partial charge is 0.497 e. The maximum Gasteiger partial charge on any atom is 0.185 e. The molecular formula is C16H14O2. The third-order valence-electron chi connectivity index (χ3n) is 2.58. The van der Waals surface area contributed by atoms with Crippen molar-refractivity contribution in [2.45, 2.75) is 0 Å². The van der Waals surface area contributed by atoms with Crippen molar-refractivity contribution in [1.82, 2.24) is 0 Å². The highest BCUT2D eigenvalue weighted by atomic mass is 16.5. The monoisotopic (exact) mass is 238 g/mol. The van der Waals surface area contributed by atoms with E-state index in [4.69, 9.17) is 4.74 Å². The van der Waals surface area contributed by atoms with E-state index >= 15 is 0 Å². The smallest absolute Gasteiger partial charge is 0.185 e. The normalized spacial score (nSPS) is 10.5. The Hall–Kier alpha value is -2.35. The van der Waals surface area contributed by atoms with Gasteiger partial charge in [0, 0.05) is 5.56 Å². The number of ether oxygens (including phenoxy) is 1. The molecule has 90 valence electrons. The van der Waals surface area contributed by atoms with Crippen molar-refractivity contribution in [3.8, 4) is 5.75 Å². The lowest BCUT2D eigenvalue weighted by molar-refractivity contribution is 0.104. The lowest BCUT2D eigenvalue weighted by Gasteiger charge is -2.00. The fraction of sp³-hybridized carbons (Fsp3) is 0.0625. The van der Waals surface area contributed by atoms with Crippen LogP contribution in [-0.4, -0.2) is 12.9 Å². The average Bonchev–Trinajstić information content (AvgIpc) is 2.46. The molecule has 2 heteroatoms. The first kappa shape index (κ1) is 12.1. The summed E-state index contributed by atoms with van der Waals surface area (Å²) >= 11 is 0. The van der Waals surface area contributed by atoms with Gasteiger partial charge in [0.1, 0.15) is 5.75 Å². The minimum absolute atomic E-state index is 0.00146. The molecule has 0 aliphatic heterocycles. The first-order valence-electron chi connectivity index (χ1n) is 5.71. The van der Waals surface area contributed by atoms with Crippen LogP contribution < -0.4 is 4.74 Å². The Bertz CT molecular complexity index is 556. The summed E-state index contributed by atoms with van der Waals surface area (Å²) in [4.78, 5) is 11.9. The van der Waals surface area contributed by atoms with Gasteiger partial charge in [0.25, 0.3) is 0 Å². The Labute approximate surface area is 107 Å². The molecule has 0 N–H and O–H groups in total. The first-order valence-corrected chi connectivity index (χ1v) is 5.71. The molecule has 0 radical (unpaired) electrons. The van der Waals surface area contributed by atoms with E-state index in [2.05, 4.69) is 0 Å². The van der Waals surface area contributed by atoms with Crippen LogP contribution in [0, 0.1) is 0 Å². The Kier molecular flexibility index (Phi) is 3.92. The van der Waals surface area contributed by atoms with Gasteiger partial charge in [-0.15, -0.1) is 0 Å². The van der Waals surface area contributed by atoms with Gasteiger partial charge in [-0.2, -0.15) is 0 Å². The molecule has 2 rings (SSSR count). The standard InChI is InChI=1S/C16H14O2/c1-18-15-9-5-6-13(12-15)10-11-16(17)14-7-3-2-4-8-14/h2-12H,1H3/b11-10+. The predicted molar refractivity (Wildman–Crippen MR) is 72.8 cm³/mol. The van der Waals surface area contributed by atoms with E-state index in [0.29, 0.717) is 5.56 Å². The highest BCUT2D eigenvalue weighted by molar-refractivity contribution is 6.06. The van der Waals surface area contributed by atoms with E-state index in [0.717, 1.165) is 11.3 Å². The average molecular weight is 238 g/mol. The fourth-order valence-electron chi connectivity index (χ4n) is 1.62. The molecular weight excluding hydrogens is 224 g/mol. The minimum atomic E-state index is -0.00146. The highest BCUT2D eigenvalue weighted by Crippen LogP contribution is 2.14. The molecule has 2 aromatic carbocycles. The molecule has 2 nitrogen and oxygen atoms in total. The van der Waals surface area contributed by atoms with Gasteiger partial charge < -0.3 is 4.74 Å². The van der Waals surface area contributed by atoms with E-state index in [-0.39, 0.29) is 5.78 Å². The minimum Gasteiger partial charge on any atom is -0.497 e. The van der Waals surface area contributed by atoms with Crippen molar-refractivity contribution in [3.63, 3.8) is 0 Å². The molecule has 0 saturated heterocycles. The summed E-state index contributed by atoms with van der Waals surface area (Å²) in [6, 6.07) is 16.8. The lowest BCUT2D eigenvalue weighted by Crippen LogP contribution is -1.92. The second-order valence-corrected chi connectivity index (χ2v) is 3.84. The van der Waals surface area contributed by atoms with Crippen molar-refractivity contribution in [3.05, 3.63) is 71.8 Å². The molecule has 0 aliphatic carbocycles. The molecule has 2 aromatic rings. The lowest BCUT2D eigenvalue weighted by atomic mass is 10.1. The number of rotatable bonds is 4. The van der Waals surface area contributed by atoms with Gasteiger partial charge in [-0.25, -0.2) is 0 Å². The van der Waals surface area contributed by atoms with Crippen molar-refractivity contribution in [1.29, 1.82) is 0 Å². The molecule has 0 bridgehead atoms. The number of carbonyl (C=O) groups is 1. The summed E-state index contributed by atoms with van der Waals surface area (Å²) in [7, 11) is 1.62. The topological polar surface area (TPSA) is 26.3 Å². The van der Waals surface area contributed by atoms with Crippen molar-refractivity contribution in [2.24, 2.45) is 0 Å². The van der Waals surface area contributed by atoms with Gasteiger partial charge in [0.2, 0.25) is 0 Å². The Morgan fingerprint density at radius 2 is 1.83 bits per heavy atom. The maximum absolute atomic E-state index is 11.9. The third-order valence-corrected chi connectivity index (χ3v) is 2.58. The van der Waals surface area contributed by atoms with E-state index in [1.807, 2.05) is 42.5 Å². The molecule has 0 saturated carbocycles. The Balaban J connectivity index is 2.13. The van der Waals surface area contributed by atoms with Crippen LogP contribution >= 0.6 is 0 Å². The van der Waals surface area contributed by atoms with Crippen LogP contribution in [0.4, 0.5) is 0 Å². The van der Waals surface area contributed by atoms with Crippen LogP contribution in [0.1, 0.15) is 15.9 Å². The van der Waals surface area contributed by atoms with Gasteiger partial charge in [0.05, 0.1) is 7.11 Å². The number of hydrogen-bond acceptors (Lipinski definition) is 2. The summed E-state index contributed by atoms with van der Waals surface area (Å²) in [6.07, 6.45) is 3.36. The van der Waals surface area contributed by atoms with E-state index in [1.165, 1.54) is 0 Å². The van der Waals surface area contributed by atoms with E-state index in [9.17, 15) is 4.79 Å². The summed E-state index contributed by atoms with van der Waals surface area (Å²) in [5.74, 6) is 0.780. The van der Waals surface area contributed by atoms with Crippen molar-refractivity contribution < 1.29 is 9.53 Å². The number of carbonyl (C=O) groups excluding carboxylic acids is 1. The summed E-state index contributed by atoms with van der Waals surface area (Å²) in [5, 5.41) is 0. The van der Waals surface area contributed by atoms with Gasteiger partial charge in [-0.3, -0.25) is 4.79 Å².